The van der Waals surface area contributed by atoms with Gasteiger partial charge in [-0.15, -0.1) is 0 Å². The molecule has 1 aromatic rings. The molecule has 1 saturated carbocycles. The number of carbonyl (C=O) groups is 2. The SMILES string of the molecule is C[C@H]1C/C=C/C2[C@@H]3O[C@]3(C)[C@@H](C)C3[C@H](Cc4ccccc4)NC(=O)[C@]32OC(=O)/C=C/[C@H](O)CCC1. The molecule has 2 N–H and O–H groups in total. The lowest BCUT2D eigenvalue weighted by atomic mass is 9.59. The number of allylic oxidation sites excluding steroid dienone is 1. The first-order valence-corrected chi connectivity index (χ1v) is 13.0. The molecule has 4 aliphatic rings. The van der Waals surface area contributed by atoms with Crippen molar-refractivity contribution in [2.75, 3.05) is 0 Å². The number of amides is 1. The largest absolute Gasteiger partial charge is 0.445 e. The second-order valence-electron chi connectivity index (χ2n) is 11.2. The van der Waals surface area contributed by atoms with Gasteiger partial charge in [-0.3, -0.25) is 4.79 Å². The van der Waals surface area contributed by atoms with Gasteiger partial charge in [0.05, 0.1) is 23.7 Å². The van der Waals surface area contributed by atoms with E-state index in [4.69, 9.17) is 9.47 Å². The van der Waals surface area contributed by atoms with E-state index in [9.17, 15) is 14.7 Å². The van der Waals surface area contributed by atoms with Gasteiger partial charge >= 0.3 is 5.97 Å². The molecule has 3 aliphatic heterocycles. The maximum atomic E-state index is 13.8. The Kier molecular flexibility index (Phi) is 6.39. The second-order valence-corrected chi connectivity index (χ2v) is 11.2. The van der Waals surface area contributed by atoms with Crippen molar-refractivity contribution in [3.63, 3.8) is 0 Å². The van der Waals surface area contributed by atoms with E-state index in [1.807, 2.05) is 18.2 Å². The van der Waals surface area contributed by atoms with Crippen LogP contribution in [0, 0.1) is 23.7 Å². The molecule has 3 heterocycles. The zero-order valence-corrected chi connectivity index (χ0v) is 20.9. The molecule has 188 valence electrons. The number of fused-ring (bicyclic) bond motifs is 2. The topological polar surface area (TPSA) is 88.2 Å². The van der Waals surface area contributed by atoms with E-state index in [0.717, 1.165) is 24.8 Å². The minimum Gasteiger partial charge on any atom is -0.445 e. The van der Waals surface area contributed by atoms with E-state index in [2.05, 4.69) is 50.4 Å². The zero-order valence-electron chi connectivity index (χ0n) is 20.9. The first-order valence-electron chi connectivity index (χ1n) is 13.0. The number of ether oxygens (including phenoxy) is 2. The number of epoxide rings is 1. The van der Waals surface area contributed by atoms with Crippen LogP contribution in [0.2, 0.25) is 0 Å². The number of rotatable bonds is 2. The first kappa shape index (κ1) is 24.3. The summed E-state index contributed by atoms with van der Waals surface area (Å²) in [4.78, 5) is 26.9. The number of esters is 1. The van der Waals surface area contributed by atoms with Crippen molar-refractivity contribution in [3.8, 4) is 0 Å². The van der Waals surface area contributed by atoms with Crippen molar-refractivity contribution in [2.24, 2.45) is 23.7 Å². The average Bonchev–Trinajstić information content (AvgIpc) is 3.45. The summed E-state index contributed by atoms with van der Waals surface area (Å²) in [5.41, 5.74) is -0.586. The minimum atomic E-state index is -1.35. The number of benzene rings is 1. The van der Waals surface area contributed by atoms with Crippen molar-refractivity contribution >= 4 is 11.9 Å². The molecule has 6 heteroatoms. The van der Waals surface area contributed by atoms with Gasteiger partial charge in [0.15, 0.2) is 0 Å². The van der Waals surface area contributed by atoms with Crippen LogP contribution in [0.25, 0.3) is 0 Å². The third-order valence-corrected chi connectivity index (χ3v) is 8.85. The normalized spacial score (nSPS) is 45.1. The number of hydrogen-bond donors (Lipinski definition) is 2. The molecule has 5 rings (SSSR count). The van der Waals surface area contributed by atoms with Gasteiger partial charge in [0, 0.05) is 18.0 Å². The highest BCUT2D eigenvalue weighted by Crippen LogP contribution is 2.63. The smallest absolute Gasteiger partial charge is 0.331 e. The third kappa shape index (κ3) is 4.25. The van der Waals surface area contributed by atoms with Gasteiger partial charge in [-0.25, -0.2) is 4.79 Å². The molecule has 2 unspecified atom stereocenters. The van der Waals surface area contributed by atoms with Gasteiger partial charge in [-0.1, -0.05) is 69.2 Å². The van der Waals surface area contributed by atoms with E-state index < -0.39 is 17.7 Å². The van der Waals surface area contributed by atoms with Gasteiger partial charge in [-0.05, 0) is 49.7 Å². The van der Waals surface area contributed by atoms with Gasteiger partial charge in [-0.2, -0.15) is 0 Å². The summed E-state index contributed by atoms with van der Waals surface area (Å²) < 4.78 is 12.5. The quantitative estimate of drug-likeness (QED) is 0.383. The van der Waals surface area contributed by atoms with Crippen LogP contribution < -0.4 is 5.32 Å². The standard InChI is InChI=1S/C29H37NO5/c1-18-9-7-13-21(31)15-16-24(32)34-29-22(14-8-10-18)26-28(3,35-26)19(2)25(29)23(30-27(29)33)17-20-11-5-4-6-12-20/h4-6,8,11-12,14-16,18-19,21-23,25-26,31H,7,9-10,13,17H2,1-3H3,(H,30,33)/b14-8+,16-15+/t18-,19+,21-,22?,23+,25?,26+,28-,29-/m1/s1. The lowest BCUT2D eigenvalue weighted by Gasteiger charge is -2.45. The molecule has 0 aromatic heterocycles. The number of aliphatic hydroxyl groups is 1. The Morgan fingerprint density at radius 2 is 1.89 bits per heavy atom. The molecule has 1 spiro atoms. The van der Waals surface area contributed by atoms with Crippen molar-refractivity contribution < 1.29 is 24.2 Å². The van der Waals surface area contributed by atoms with Crippen LogP contribution >= 0.6 is 0 Å². The Bertz CT molecular complexity index is 1020. The molecular formula is C29H37NO5. The Balaban J connectivity index is 1.56. The molecule has 1 amide bonds. The van der Waals surface area contributed by atoms with Crippen LogP contribution in [0.4, 0.5) is 0 Å². The Labute approximate surface area is 207 Å². The van der Waals surface area contributed by atoms with E-state index in [-0.39, 0.29) is 41.4 Å². The predicted octanol–water partition coefficient (Wildman–Crippen LogP) is 3.73. The van der Waals surface area contributed by atoms with E-state index >= 15 is 0 Å². The molecular weight excluding hydrogens is 442 g/mol. The molecule has 0 bridgehead atoms. The van der Waals surface area contributed by atoms with Crippen molar-refractivity contribution in [3.05, 3.63) is 60.2 Å². The highest BCUT2D eigenvalue weighted by molar-refractivity contribution is 5.94. The fraction of sp³-hybridized carbons (Fsp3) is 0.586. The summed E-state index contributed by atoms with van der Waals surface area (Å²) in [6.07, 6.45) is 10.1. The fourth-order valence-electron chi connectivity index (χ4n) is 6.74. The van der Waals surface area contributed by atoms with Gasteiger partial charge in [0.25, 0.3) is 5.91 Å². The number of carbonyl (C=O) groups excluding carboxylic acids is 2. The van der Waals surface area contributed by atoms with Crippen molar-refractivity contribution in [1.82, 2.24) is 5.32 Å². The number of aliphatic hydroxyl groups excluding tert-OH is 1. The van der Waals surface area contributed by atoms with Gasteiger partial charge < -0.3 is 19.9 Å². The molecule has 1 aliphatic carbocycles. The molecule has 3 fully saturated rings. The molecule has 2 saturated heterocycles. The van der Waals surface area contributed by atoms with Gasteiger partial charge in [0.2, 0.25) is 5.60 Å². The summed E-state index contributed by atoms with van der Waals surface area (Å²) in [5, 5.41) is 13.5. The highest BCUT2D eigenvalue weighted by Gasteiger charge is 2.78. The maximum absolute atomic E-state index is 13.8. The maximum Gasteiger partial charge on any atom is 0.331 e. The number of hydrogen-bond acceptors (Lipinski definition) is 5. The van der Waals surface area contributed by atoms with E-state index in [1.165, 1.54) is 12.2 Å². The fourth-order valence-corrected chi connectivity index (χ4v) is 6.74. The van der Waals surface area contributed by atoms with Crippen LogP contribution in [0.5, 0.6) is 0 Å². The number of nitrogens with one attached hydrogen (secondary N) is 1. The summed E-state index contributed by atoms with van der Waals surface area (Å²) in [5.74, 6) is -0.996. The zero-order chi connectivity index (χ0) is 24.8. The Morgan fingerprint density at radius 3 is 2.66 bits per heavy atom. The van der Waals surface area contributed by atoms with Crippen LogP contribution in [-0.2, 0) is 25.5 Å². The highest BCUT2D eigenvalue weighted by atomic mass is 16.6. The van der Waals surface area contributed by atoms with Gasteiger partial charge in [0.1, 0.15) is 0 Å². The second kappa shape index (κ2) is 9.21. The Hall–Kier alpha value is -2.44. The summed E-state index contributed by atoms with van der Waals surface area (Å²) >= 11 is 0. The van der Waals surface area contributed by atoms with E-state index in [0.29, 0.717) is 18.8 Å². The van der Waals surface area contributed by atoms with Crippen molar-refractivity contribution in [2.45, 2.75) is 82.3 Å². The first-order chi connectivity index (χ1) is 16.8. The van der Waals surface area contributed by atoms with Crippen LogP contribution in [0.15, 0.2) is 54.6 Å². The monoisotopic (exact) mass is 479 g/mol. The van der Waals surface area contributed by atoms with Crippen LogP contribution in [-0.4, -0.2) is 46.4 Å². The van der Waals surface area contributed by atoms with E-state index in [1.54, 1.807) is 0 Å². The molecule has 35 heavy (non-hydrogen) atoms. The summed E-state index contributed by atoms with van der Waals surface area (Å²) in [7, 11) is 0. The molecule has 9 atom stereocenters. The molecule has 6 nitrogen and oxygen atoms in total. The Morgan fingerprint density at radius 1 is 1.11 bits per heavy atom. The van der Waals surface area contributed by atoms with Crippen molar-refractivity contribution in [1.29, 1.82) is 0 Å². The van der Waals surface area contributed by atoms with Crippen LogP contribution in [0.1, 0.15) is 52.0 Å². The summed E-state index contributed by atoms with van der Waals surface area (Å²) in [6.45, 7) is 6.44. The molecule has 0 radical (unpaired) electrons. The van der Waals surface area contributed by atoms with Crippen LogP contribution in [0.3, 0.4) is 0 Å². The third-order valence-electron chi connectivity index (χ3n) is 8.85. The predicted molar refractivity (Wildman–Crippen MR) is 132 cm³/mol. The summed E-state index contributed by atoms with van der Waals surface area (Å²) in [6, 6.07) is 9.91. The average molecular weight is 480 g/mol. The molecule has 1 aromatic carbocycles. The lowest BCUT2D eigenvalue weighted by Crippen LogP contribution is -2.61. The minimum absolute atomic E-state index is 0.00462. The lowest BCUT2D eigenvalue weighted by molar-refractivity contribution is -0.177.